The fraction of sp³-hybridized carbons (Fsp3) is 0. The van der Waals surface area contributed by atoms with E-state index in [1.165, 1.54) is 17.0 Å². The van der Waals surface area contributed by atoms with Crippen LogP contribution >= 0.6 is 22.6 Å². The number of rotatable bonds is 2. The van der Waals surface area contributed by atoms with Crippen molar-refractivity contribution in [1.29, 1.82) is 0 Å². The van der Waals surface area contributed by atoms with Crippen molar-refractivity contribution in [2.75, 3.05) is 0 Å². The predicted molar refractivity (Wildman–Crippen MR) is 58.8 cm³/mol. The van der Waals surface area contributed by atoms with Gasteiger partial charge in [-0.05, 0) is 22.6 Å². The van der Waals surface area contributed by atoms with E-state index < -0.39 is 5.97 Å². The van der Waals surface area contributed by atoms with Gasteiger partial charge in [0, 0.05) is 28.4 Å². The van der Waals surface area contributed by atoms with E-state index in [2.05, 4.69) is 37.5 Å². The van der Waals surface area contributed by atoms with Gasteiger partial charge in [0.1, 0.15) is 0 Å². The quantitative estimate of drug-likeness (QED) is 0.835. The van der Waals surface area contributed by atoms with Gasteiger partial charge in [0.15, 0.2) is 0 Å². The van der Waals surface area contributed by atoms with Crippen LogP contribution in [-0.2, 0) is 0 Å². The Labute approximate surface area is 98.1 Å². The highest BCUT2D eigenvalue weighted by atomic mass is 127. The van der Waals surface area contributed by atoms with Crippen LogP contribution in [0.15, 0.2) is 24.8 Å². The van der Waals surface area contributed by atoms with Crippen LogP contribution in [0, 0.1) is 3.57 Å². The summed E-state index contributed by atoms with van der Waals surface area (Å²) < 4.78 is 2.20. The lowest BCUT2D eigenvalue weighted by atomic mass is 10.6. The number of hydrogen-bond donors (Lipinski definition) is 1. The molecule has 0 spiro atoms. The third-order valence-corrected chi connectivity index (χ3v) is 2.21. The molecule has 0 aliphatic heterocycles. The summed E-state index contributed by atoms with van der Waals surface area (Å²) in [7, 11) is 0. The Balaban J connectivity index is 2.49. The Kier molecular flexibility index (Phi) is 2.62. The van der Waals surface area contributed by atoms with Crippen LogP contribution in [0.2, 0.25) is 0 Å². The number of nitrogens with zero attached hydrogens (tertiary/aromatic N) is 4. The predicted octanol–water partition coefficient (Wildman–Crippen LogP) is 0.965. The molecule has 0 amide bonds. The largest absolute Gasteiger partial charge is 0.475 e. The number of aromatic nitrogens is 4. The van der Waals surface area contributed by atoms with Crippen molar-refractivity contribution < 1.29 is 9.90 Å². The van der Waals surface area contributed by atoms with E-state index in [1.807, 2.05) is 0 Å². The van der Waals surface area contributed by atoms with Crippen LogP contribution in [-0.4, -0.2) is 30.6 Å². The molecule has 2 rings (SSSR count). The zero-order valence-corrected chi connectivity index (χ0v) is 9.49. The highest BCUT2D eigenvalue weighted by Gasteiger charge is 2.13. The average molecular weight is 316 g/mol. The van der Waals surface area contributed by atoms with Gasteiger partial charge < -0.3 is 5.11 Å². The first-order valence-electron chi connectivity index (χ1n) is 3.93. The van der Waals surface area contributed by atoms with Crippen molar-refractivity contribution in [2.24, 2.45) is 0 Å². The van der Waals surface area contributed by atoms with Crippen LogP contribution in [0.4, 0.5) is 0 Å². The van der Waals surface area contributed by atoms with E-state index in [-0.39, 0.29) is 5.82 Å². The average Bonchev–Trinajstić information content (AvgIpc) is 2.67. The van der Waals surface area contributed by atoms with Crippen molar-refractivity contribution in [3.05, 3.63) is 34.2 Å². The monoisotopic (exact) mass is 316 g/mol. The van der Waals surface area contributed by atoms with Crippen molar-refractivity contribution in [3.8, 4) is 5.95 Å². The van der Waals surface area contributed by atoms with E-state index in [4.69, 9.17) is 5.11 Å². The molecule has 0 unspecified atom stereocenters. The minimum Gasteiger partial charge on any atom is -0.475 e. The fourth-order valence-corrected chi connectivity index (χ4v) is 1.33. The Morgan fingerprint density at radius 2 is 2.00 bits per heavy atom. The maximum Gasteiger partial charge on any atom is 0.372 e. The first kappa shape index (κ1) is 10.0. The molecule has 76 valence electrons. The Morgan fingerprint density at radius 1 is 1.33 bits per heavy atom. The second kappa shape index (κ2) is 3.93. The molecule has 0 atom stereocenters. The second-order valence-corrected chi connectivity index (χ2v) is 3.87. The minimum absolute atomic E-state index is 0.101. The normalized spacial score (nSPS) is 10.2. The van der Waals surface area contributed by atoms with E-state index in [0.29, 0.717) is 5.95 Å². The van der Waals surface area contributed by atoms with E-state index in [1.54, 1.807) is 12.4 Å². The molecule has 15 heavy (non-hydrogen) atoms. The molecule has 2 heterocycles. The molecule has 0 bridgehead atoms. The van der Waals surface area contributed by atoms with Gasteiger partial charge in [0.2, 0.25) is 11.8 Å². The molecule has 0 saturated carbocycles. The lowest BCUT2D eigenvalue weighted by Gasteiger charge is -2.01. The molecule has 2 aromatic heterocycles. The molecule has 0 fully saturated rings. The summed E-state index contributed by atoms with van der Waals surface area (Å²) in [6, 6.07) is 0. The maximum atomic E-state index is 10.8. The van der Waals surface area contributed by atoms with Gasteiger partial charge in [0.05, 0.1) is 0 Å². The van der Waals surface area contributed by atoms with Crippen LogP contribution in [0.5, 0.6) is 0 Å². The number of halogens is 1. The van der Waals surface area contributed by atoms with Crippen LogP contribution in [0.25, 0.3) is 5.95 Å². The van der Waals surface area contributed by atoms with Gasteiger partial charge in [-0.25, -0.2) is 19.7 Å². The molecule has 2 aromatic rings. The summed E-state index contributed by atoms with van der Waals surface area (Å²) in [6.07, 6.45) is 6.11. The molecular weight excluding hydrogens is 311 g/mol. The van der Waals surface area contributed by atoms with Gasteiger partial charge in [-0.3, -0.25) is 4.57 Å². The van der Waals surface area contributed by atoms with Gasteiger partial charge >= 0.3 is 5.97 Å². The third-order valence-electron chi connectivity index (χ3n) is 1.65. The van der Waals surface area contributed by atoms with E-state index in [9.17, 15) is 4.79 Å². The molecule has 6 nitrogen and oxygen atoms in total. The third kappa shape index (κ3) is 1.96. The zero-order chi connectivity index (χ0) is 10.8. The van der Waals surface area contributed by atoms with Crippen LogP contribution < -0.4 is 0 Å². The number of carboxylic acids is 1. The number of carbonyl (C=O) groups is 1. The highest BCUT2D eigenvalue weighted by Crippen LogP contribution is 2.06. The highest BCUT2D eigenvalue weighted by molar-refractivity contribution is 14.1. The Morgan fingerprint density at radius 3 is 2.60 bits per heavy atom. The molecule has 0 radical (unpaired) electrons. The van der Waals surface area contributed by atoms with E-state index in [0.717, 1.165) is 3.57 Å². The zero-order valence-electron chi connectivity index (χ0n) is 7.33. The van der Waals surface area contributed by atoms with Crippen LogP contribution in [0.1, 0.15) is 10.6 Å². The molecule has 7 heteroatoms. The number of aromatic carboxylic acids is 1. The smallest absolute Gasteiger partial charge is 0.372 e. The lowest BCUT2D eigenvalue weighted by molar-refractivity contribution is 0.0681. The van der Waals surface area contributed by atoms with Crippen molar-refractivity contribution >= 4 is 28.6 Å². The van der Waals surface area contributed by atoms with Gasteiger partial charge in [-0.2, -0.15) is 0 Å². The first-order chi connectivity index (χ1) is 7.18. The Hall–Kier alpha value is -1.51. The second-order valence-electron chi connectivity index (χ2n) is 2.63. The van der Waals surface area contributed by atoms with Crippen molar-refractivity contribution in [2.45, 2.75) is 0 Å². The Bertz CT molecular complexity index is 494. The molecule has 1 N–H and O–H groups in total. The number of carboxylic acid groups (broad SMARTS) is 1. The van der Waals surface area contributed by atoms with Gasteiger partial charge in [0.25, 0.3) is 0 Å². The summed E-state index contributed by atoms with van der Waals surface area (Å²) in [5.41, 5.74) is 0. The molecule has 0 aliphatic carbocycles. The minimum atomic E-state index is -1.11. The maximum absolute atomic E-state index is 10.8. The van der Waals surface area contributed by atoms with Gasteiger partial charge in [-0.15, -0.1) is 0 Å². The molecule has 0 aliphatic rings. The van der Waals surface area contributed by atoms with E-state index >= 15 is 0 Å². The van der Waals surface area contributed by atoms with Gasteiger partial charge in [-0.1, -0.05) is 0 Å². The lowest BCUT2D eigenvalue weighted by Crippen LogP contribution is -2.10. The number of hydrogen-bond acceptors (Lipinski definition) is 4. The molecular formula is C8H5IN4O2. The SMILES string of the molecule is O=C(O)c1nccn1-c1ncc(I)cn1. The summed E-state index contributed by atoms with van der Waals surface area (Å²) in [6.45, 7) is 0. The summed E-state index contributed by atoms with van der Waals surface area (Å²) >= 11 is 2.07. The summed E-state index contributed by atoms with van der Waals surface area (Å²) in [5.74, 6) is -0.913. The standard InChI is InChI=1S/C8H5IN4O2/c9-5-3-11-8(12-4-5)13-2-1-10-6(13)7(14)15/h1-4H,(H,14,15). The summed E-state index contributed by atoms with van der Waals surface area (Å²) in [4.78, 5) is 22.5. The topological polar surface area (TPSA) is 80.9 Å². The first-order valence-corrected chi connectivity index (χ1v) is 5.01. The fourth-order valence-electron chi connectivity index (χ4n) is 1.05. The van der Waals surface area contributed by atoms with Crippen molar-refractivity contribution in [3.63, 3.8) is 0 Å². The molecule has 0 aromatic carbocycles. The van der Waals surface area contributed by atoms with Crippen LogP contribution in [0.3, 0.4) is 0 Å². The number of imidazole rings is 1. The van der Waals surface area contributed by atoms with Crippen molar-refractivity contribution in [1.82, 2.24) is 19.5 Å². The molecule has 0 saturated heterocycles. The summed E-state index contributed by atoms with van der Waals surface area (Å²) in [5, 5.41) is 8.83.